The van der Waals surface area contributed by atoms with Gasteiger partial charge in [0.15, 0.2) is 5.13 Å². The zero-order valence-corrected chi connectivity index (χ0v) is 16.1. The lowest BCUT2D eigenvalue weighted by atomic mass is 10.2. The van der Waals surface area contributed by atoms with Crippen LogP contribution in [0.15, 0.2) is 59.6 Å². The minimum atomic E-state index is -0.0265. The first kappa shape index (κ1) is 17.1. The van der Waals surface area contributed by atoms with Crippen LogP contribution in [0.2, 0.25) is 0 Å². The van der Waals surface area contributed by atoms with Crippen molar-refractivity contribution >= 4 is 55.3 Å². The Morgan fingerprint density at radius 2 is 2.00 bits per heavy atom. The number of nitrogens with one attached hydrogen (secondary N) is 1. The van der Waals surface area contributed by atoms with Crippen LogP contribution < -0.4 is 5.32 Å². The zero-order valence-electron chi connectivity index (χ0n) is 14.4. The van der Waals surface area contributed by atoms with Gasteiger partial charge in [0.05, 0.1) is 16.0 Å². The van der Waals surface area contributed by atoms with E-state index in [0.29, 0.717) is 10.9 Å². The number of carbonyl (C=O) groups excluding carboxylic acids is 1. The minimum Gasteiger partial charge on any atom is -0.346 e. The first-order valence-corrected chi connectivity index (χ1v) is 10.4. The average Bonchev–Trinajstić information content (AvgIpc) is 3.21. The van der Waals surface area contributed by atoms with Crippen molar-refractivity contribution in [2.24, 2.45) is 0 Å². The second-order valence-corrected chi connectivity index (χ2v) is 8.08. The summed E-state index contributed by atoms with van der Waals surface area (Å²) in [6.07, 6.45) is 3.24. The molecule has 2 aromatic heterocycles. The zero-order chi connectivity index (χ0) is 17.9. The van der Waals surface area contributed by atoms with Crippen molar-refractivity contribution in [1.29, 1.82) is 0 Å². The molecule has 132 valence electrons. The van der Waals surface area contributed by atoms with Crippen LogP contribution in [0.25, 0.3) is 21.1 Å². The van der Waals surface area contributed by atoms with Crippen molar-refractivity contribution in [2.45, 2.75) is 24.8 Å². The number of hydrogen-bond acceptors (Lipinski definition) is 4. The molecule has 0 radical (unpaired) electrons. The number of amides is 1. The Morgan fingerprint density at radius 1 is 1.19 bits per heavy atom. The van der Waals surface area contributed by atoms with Crippen LogP contribution >= 0.6 is 23.1 Å². The maximum atomic E-state index is 12.4. The third-order valence-corrected chi connectivity index (χ3v) is 6.11. The molecule has 0 bridgehead atoms. The lowest BCUT2D eigenvalue weighted by Crippen LogP contribution is -2.13. The maximum Gasteiger partial charge on any atom is 0.236 e. The monoisotopic (exact) mass is 381 g/mol. The summed E-state index contributed by atoms with van der Waals surface area (Å²) >= 11 is 3.08. The van der Waals surface area contributed by atoms with E-state index in [-0.39, 0.29) is 5.91 Å². The van der Waals surface area contributed by atoms with Crippen LogP contribution in [0.4, 0.5) is 5.13 Å². The lowest BCUT2D eigenvalue weighted by molar-refractivity contribution is -0.113. The van der Waals surface area contributed by atoms with Gasteiger partial charge in [0.2, 0.25) is 5.91 Å². The molecular formula is C20H19N3OS2. The molecule has 1 amide bonds. The number of anilines is 1. The standard InChI is InChI=1S/C20H19N3OS2/c1-2-11-23-12-18(14-7-3-5-9-16(14)23)25-13-19(24)22-20-21-15-8-4-6-10-17(15)26-20/h3-10,12H,2,11,13H2,1H3,(H,21,22,24). The van der Waals surface area contributed by atoms with Crippen molar-refractivity contribution < 1.29 is 4.79 Å². The summed E-state index contributed by atoms with van der Waals surface area (Å²) in [5.74, 6) is 0.345. The molecule has 4 aromatic rings. The van der Waals surface area contributed by atoms with Crippen LogP contribution in [0.5, 0.6) is 0 Å². The van der Waals surface area contributed by atoms with E-state index in [1.165, 1.54) is 22.2 Å². The third-order valence-electron chi connectivity index (χ3n) is 4.12. The Hall–Kier alpha value is -2.31. The molecule has 6 heteroatoms. The normalized spacial score (nSPS) is 11.3. The van der Waals surface area contributed by atoms with E-state index in [0.717, 1.165) is 28.1 Å². The van der Waals surface area contributed by atoms with Crippen molar-refractivity contribution in [2.75, 3.05) is 11.1 Å². The molecule has 0 saturated heterocycles. The molecule has 0 atom stereocenters. The molecule has 26 heavy (non-hydrogen) atoms. The van der Waals surface area contributed by atoms with Crippen LogP contribution in [0.1, 0.15) is 13.3 Å². The van der Waals surface area contributed by atoms with E-state index in [1.807, 2.05) is 30.3 Å². The Bertz CT molecular complexity index is 1030. The number of fused-ring (bicyclic) bond motifs is 2. The van der Waals surface area contributed by atoms with Gasteiger partial charge in [0.25, 0.3) is 0 Å². The fraction of sp³-hybridized carbons (Fsp3) is 0.200. The van der Waals surface area contributed by atoms with Crippen LogP contribution in [-0.2, 0) is 11.3 Å². The molecule has 0 saturated carbocycles. The molecule has 0 spiro atoms. The average molecular weight is 382 g/mol. The Morgan fingerprint density at radius 3 is 2.85 bits per heavy atom. The molecule has 2 heterocycles. The SMILES string of the molecule is CCCn1cc(SCC(=O)Nc2nc3ccccc3s2)c2ccccc21. The summed E-state index contributed by atoms with van der Waals surface area (Å²) in [6.45, 7) is 3.16. The summed E-state index contributed by atoms with van der Waals surface area (Å²) < 4.78 is 3.35. The molecule has 0 aliphatic heterocycles. The van der Waals surface area contributed by atoms with Gasteiger partial charge in [-0.1, -0.05) is 48.6 Å². The molecule has 4 nitrogen and oxygen atoms in total. The number of nitrogens with zero attached hydrogens (tertiary/aromatic N) is 2. The number of thioether (sulfide) groups is 1. The minimum absolute atomic E-state index is 0.0265. The highest BCUT2D eigenvalue weighted by atomic mass is 32.2. The van der Waals surface area contributed by atoms with E-state index >= 15 is 0 Å². The fourth-order valence-corrected chi connectivity index (χ4v) is 4.75. The van der Waals surface area contributed by atoms with Gasteiger partial charge >= 0.3 is 0 Å². The number of carbonyl (C=O) groups is 1. The van der Waals surface area contributed by atoms with Crippen molar-refractivity contribution in [3.05, 3.63) is 54.7 Å². The predicted octanol–water partition coefficient (Wildman–Crippen LogP) is 5.39. The third kappa shape index (κ3) is 3.48. The molecule has 4 rings (SSSR count). The number of aromatic nitrogens is 2. The van der Waals surface area contributed by atoms with Crippen LogP contribution in [0.3, 0.4) is 0 Å². The van der Waals surface area contributed by atoms with Crippen LogP contribution in [-0.4, -0.2) is 21.2 Å². The van der Waals surface area contributed by atoms with E-state index in [4.69, 9.17) is 0 Å². The first-order valence-electron chi connectivity index (χ1n) is 8.60. The van der Waals surface area contributed by atoms with Gasteiger partial charge < -0.3 is 9.88 Å². The Kier molecular flexibility index (Phi) is 4.95. The number of thiazole rings is 1. The summed E-state index contributed by atoms with van der Waals surface area (Å²) in [5.41, 5.74) is 2.14. The van der Waals surface area contributed by atoms with Crippen LogP contribution in [0, 0.1) is 0 Å². The quantitative estimate of drug-likeness (QED) is 0.455. The van der Waals surface area contributed by atoms with Gasteiger partial charge in [0.1, 0.15) is 0 Å². The van der Waals surface area contributed by atoms with Gasteiger partial charge in [-0.25, -0.2) is 4.98 Å². The van der Waals surface area contributed by atoms with Gasteiger partial charge in [-0.15, -0.1) is 11.8 Å². The highest BCUT2D eigenvalue weighted by Gasteiger charge is 2.12. The summed E-state index contributed by atoms with van der Waals surface area (Å²) in [6, 6.07) is 16.3. The van der Waals surface area contributed by atoms with E-state index in [2.05, 4.69) is 46.2 Å². The fourth-order valence-electron chi connectivity index (χ4n) is 2.98. The molecule has 0 unspecified atom stereocenters. The second kappa shape index (κ2) is 7.51. The summed E-state index contributed by atoms with van der Waals surface area (Å²) in [5, 5.41) is 4.79. The first-order chi connectivity index (χ1) is 12.7. The van der Waals surface area contributed by atoms with Gasteiger partial charge in [-0.2, -0.15) is 0 Å². The summed E-state index contributed by atoms with van der Waals surface area (Å²) in [4.78, 5) is 18.0. The Balaban J connectivity index is 1.46. The van der Waals surface area contributed by atoms with Crippen molar-refractivity contribution in [3.63, 3.8) is 0 Å². The maximum absolute atomic E-state index is 12.4. The topological polar surface area (TPSA) is 46.9 Å². The van der Waals surface area contributed by atoms with E-state index < -0.39 is 0 Å². The van der Waals surface area contributed by atoms with E-state index in [9.17, 15) is 4.79 Å². The summed E-state index contributed by atoms with van der Waals surface area (Å²) in [7, 11) is 0. The number of para-hydroxylation sites is 2. The largest absolute Gasteiger partial charge is 0.346 e. The van der Waals surface area contributed by atoms with Gasteiger partial charge in [-0.3, -0.25) is 4.79 Å². The van der Waals surface area contributed by atoms with Crippen molar-refractivity contribution in [3.8, 4) is 0 Å². The molecule has 0 aliphatic rings. The lowest BCUT2D eigenvalue weighted by Gasteiger charge is -2.01. The number of rotatable bonds is 6. The number of hydrogen-bond donors (Lipinski definition) is 1. The smallest absolute Gasteiger partial charge is 0.236 e. The van der Waals surface area contributed by atoms with Crippen molar-refractivity contribution in [1.82, 2.24) is 9.55 Å². The number of benzene rings is 2. The predicted molar refractivity (Wildman–Crippen MR) is 111 cm³/mol. The van der Waals surface area contributed by atoms with E-state index in [1.54, 1.807) is 11.8 Å². The highest BCUT2D eigenvalue weighted by molar-refractivity contribution is 8.00. The second-order valence-electron chi connectivity index (χ2n) is 6.03. The molecular weight excluding hydrogens is 362 g/mol. The highest BCUT2D eigenvalue weighted by Crippen LogP contribution is 2.31. The van der Waals surface area contributed by atoms with Gasteiger partial charge in [-0.05, 0) is 24.6 Å². The number of aryl methyl sites for hydroxylation is 1. The molecule has 1 N–H and O–H groups in total. The molecule has 0 fully saturated rings. The Labute approximate surface area is 160 Å². The van der Waals surface area contributed by atoms with Gasteiger partial charge in [0, 0.05) is 28.5 Å². The molecule has 0 aliphatic carbocycles. The molecule has 2 aromatic carbocycles.